The summed E-state index contributed by atoms with van der Waals surface area (Å²) in [7, 11) is 1.92. The first-order valence-electron chi connectivity index (χ1n) is 4.96. The third-order valence-electron chi connectivity index (χ3n) is 2.29. The van der Waals surface area contributed by atoms with Crippen LogP contribution in [-0.2, 0) is 12.8 Å². The Balaban J connectivity index is 2.01. The Hall–Kier alpha value is -0.870. The Morgan fingerprint density at radius 2 is 2.27 bits per heavy atom. The summed E-state index contributed by atoms with van der Waals surface area (Å²) in [5.74, 6) is 0. The minimum Gasteiger partial charge on any atom is -0.365 e. The van der Waals surface area contributed by atoms with E-state index >= 15 is 0 Å². The molecule has 0 aliphatic carbocycles. The van der Waals surface area contributed by atoms with Crippen LogP contribution >= 0.6 is 22.7 Å². The molecule has 1 N–H and O–H groups in total. The maximum Gasteiger partial charge on any atom is 0.182 e. The molecule has 0 atom stereocenters. The Labute approximate surface area is 98.0 Å². The van der Waals surface area contributed by atoms with Gasteiger partial charge < -0.3 is 5.32 Å². The van der Waals surface area contributed by atoms with Crippen LogP contribution in [0, 0.1) is 6.92 Å². The summed E-state index contributed by atoms with van der Waals surface area (Å²) in [5.41, 5.74) is 1.23. The summed E-state index contributed by atoms with van der Waals surface area (Å²) in [6.07, 6.45) is 2.15. The minimum atomic E-state index is 1.02. The zero-order chi connectivity index (χ0) is 10.7. The molecule has 0 unspecified atom stereocenters. The molecule has 2 aromatic rings. The van der Waals surface area contributed by atoms with E-state index in [-0.39, 0.29) is 0 Å². The van der Waals surface area contributed by atoms with Crippen molar-refractivity contribution in [3.63, 3.8) is 0 Å². The van der Waals surface area contributed by atoms with Gasteiger partial charge in [-0.2, -0.15) is 0 Å². The van der Waals surface area contributed by atoms with Gasteiger partial charge in [0.1, 0.15) is 0 Å². The third kappa shape index (κ3) is 2.58. The van der Waals surface area contributed by atoms with E-state index < -0.39 is 0 Å². The molecule has 4 heteroatoms. The number of nitrogens with zero attached hydrogens (tertiary/aromatic N) is 1. The van der Waals surface area contributed by atoms with E-state index in [0.29, 0.717) is 0 Å². The van der Waals surface area contributed by atoms with Crippen LogP contribution < -0.4 is 5.32 Å². The smallest absolute Gasteiger partial charge is 0.182 e. The fraction of sp³-hybridized carbons (Fsp3) is 0.364. The summed E-state index contributed by atoms with van der Waals surface area (Å²) in [4.78, 5) is 7.31. The lowest BCUT2D eigenvalue weighted by Crippen LogP contribution is -1.92. The van der Waals surface area contributed by atoms with Crippen molar-refractivity contribution in [2.75, 3.05) is 12.4 Å². The van der Waals surface area contributed by atoms with E-state index in [1.165, 1.54) is 15.4 Å². The van der Waals surface area contributed by atoms with Gasteiger partial charge in [0, 0.05) is 16.8 Å². The molecular weight excluding hydrogens is 224 g/mol. The second-order valence-electron chi connectivity index (χ2n) is 3.35. The molecule has 0 radical (unpaired) electrons. The summed E-state index contributed by atoms with van der Waals surface area (Å²) in [5, 5.41) is 6.24. The third-order valence-corrected chi connectivity index (χ3v) is 4.26. The van der Waals surface area contributed by atoms with Crippen LogP contribution in [0.2, 0.25) is 0 Å². The van der Waals surface area contributed by atoms with Gasteiger partial charge >= 0.3 is 0 Å². The average molecular weight is 238 g/mol. The van der Waals surface area contributed by atoms with Crippen LogP contribution in [0.4, 0.5) is 5.13 Å². The number of rotatable bonds is 4. The molecule has 0 fully saturated rings. The van der Waals surface area contributed by atoms with Crippen molar-refractivity contribution in [3.8, 4) is 0 Å². The Bertz CT molecular complexity index is 418. The van der Waals surface area contributed by atoms with Crippen LogP contribution in [0.5, 0.6) is 0 Å². The maximum absolute atomic E-state index is 4.54. The van der Waals surface area contributed by atoms with Crippen LogP contribution in [0.3, 0.4) is 0 Å². The van der Waals surface area contributed by atoms with E-state index in [1.54, 1.807) is 11.3 Å². The molecule has 2 nitrogen and oxygen atoms in total. The summed E-state index contributed by atoms with van der Waals surface area (Å²) in [6, 6.07) is 4.29. The van der Waals surface area contributed by atoms with Crippen LogP contribution in [-0.4, -0.2) is 12.0 Å². The zero-order valence-corrected chi connectivity index (χ0v) is 10.5. The molecule has 0 spiro atoms. The number of nitrogens with one attached hydrogen (secondary N) is 1. The number of hydrogen-bond acceptors (Lipinski definition) is 4. The molecule has 0 saturated heterocycles. The molecular formula is C11H14N2S2. The quantitative estimate of drug-likeness (QED) is 0.883. The number of aryl methyl sites for hydroxylation is 3. The van der Waals surface area contributed by atoms with Crippen molar-refractivity contribution >= 4 is 27.8 Å². The Kier molecular flexibility index (Phi) is 3.38. The molecule has 0 aliphatic heterocycles. The highest BCUT2D eigenvalue weighted by molar-refractivity contribution is 7.15. The van der Waals surface area contributed by atoms with Crippen molar-refractivity contribution in [2.24, 2.45) is 0 Å². The second-order valence-corrected chi connectivity index (χ2v) is 5.59. The average Bonchev–Trinajstić information content (AvgIpc) is 2.84. The Morgan fingerprint density at radius 3 is 2.87 bits per heavy atom. The number of thiazole rings is 1. The van der Waals surface area contributed by atoms with Gasteiger partial charge in [-0.25, -0.2) is 4.98 Å². The standard InChI is InChI=1S/C11H14N2S2/c1-8-10(13-11(12-2)15-8)6-5-9-4-3-7-14-9/h3-4,7H,5-6H2,1-2H3,(H,12,13). The fourth-order valence-electron chi connectivity index (χ4n) is 1.46. The highest BCUT2D eigenvalue weighted by Crippen LogP contribution is 2.23. The van der Waals surface area contributed by atoms with Crippen LogP contribution in [0.1, 0.15) is 15.4 Å². The predicted molar refractivity (Wildman–Crippen MR) is 68.1 cm³/mol. The monoisotopic (exact) mass is 238 g/mol. The molecule has 2 rings (SSSR count). The molecule has 0 aliphatic rings. The van der Waals surface area contributed by atoms with Gasteiger partial charge in [0.2, 0.25) is 0 Å². The van der Waals surface area contributed by atoms with Crippen molar-refractivity contribution in [1.29, 1.82) is 0 Å². The number of thiophene rings is 1. The first kappa shape index (κ1) is 10.6. The summed E-state index contributed by atoms with van der Waals surface area (Å²) >= 11 is 3.55. The molecule has 0 saturated carbocycles. The normalized spacial score (nSPS) is 10.5. The lowest BCUT2D eigenvalue weighted by molar-refractivity contribution is 0.932. The van der Waals surface area contributed by atoms with Gasteiger partial charge in [-0.05, 0) is 31.2 Å². The maximum atomic E-state index is 4.54. The fourth-order valence-corrected chi connectivity index (χ4v) is 2.99. The molecule has 0 bridgehead atoms. The molecule has 0 amide bonds. The van der Waals surface area contributed by atoms with Crippen molar-refractivity contribution in [1.82, 2.24) is 4.98 Å². The van der Waals surface area contributed by atoms with Gasteiger partial charge in [-0.15, -0.1) is 22.7 Å². The highest BCUT2D eigenvalue weighted by Gasteiger charge is 2.06. The lowest BCUT2D eigenvalue weighted by Gasteiger charge is -1.96. The molecule has 0 aromatic carbocycles. The summed E-state index contributed by atoms with van der Waals surface area (Å²) < 4.78 is 0. The summed E-state index contributed by atoms with van der Waals surface area (Å²) in [6.45, 7) is 2.14. The topological polar surface area (TPSA) is 24.9 Å². The first-order chi connectivity index (χ1) is 7.29. The van der Waals surface area contributed by atoms with Gasteiger partial charge in [-0.3, -0.25) is 0 Å². The van der Waals surface area contributed by atoms with E-state index in [9.17, 15) is 0 Å². The van der Waals surface area contributed by atoms with Crippen molar-refractivity contribution in [3.05, 3.63) is 33.0 Å². The largest absolute Gasteiger partial charge is 0.365 e. The zero-order valence-electron chi connectivity index (χ0n) is 8.91. The number of aromatic nitrogens is 1. The highest BCUT2D eigenvalue weighted by atomic mass is 32.1. The SMILES string of the molecule is CNc1nc(CCc2cccs2)c(C)s1. The Morgan fingerprint density at radius 1 is 1.40 bits per heavy atom. The van der Waals surface area contributed by atoms with Gasteiger partial charge in [0.05, 0.1) is 5.69 Å². The van der Waals surface area contributed by atoms with Crippen LogP contribution in [0.25, 0.3) is 0 Å². The van der Waals surface area contributed by atoms with Gasteiger partial charge in [0.25, 0.3) is 0 Å². The molecule has 15 heavy (non-hydrogen) atoms. The van der Waals surface area contributed by atoms with Crippen LogP contribution in [0.15, 0.2) is 17.5 Å². The lowest BCUT2D eigenvalue weighted by atomic mass is 10.2. The van der Waals surface area contributed by atoms with Gasteiger partial charge in [0.15, 0.2) is 5.13 Å². The second kappa shape index (κ2) is 4.77. The minimum absolute atomic E-state index is 1.02. The number of hydrogen-bond donors (Lipinski definition) is 1. The number of anilines is 1. The van der Waals surface area contributed by atoms with E-state index in [0.717, 1.165) is 18.0 Å². The molecule has 2 heterocycles. The molecule has 2 aromatic heterocycles. The van der Waals surface area contributed by atoms with E-state index in [1.807, 2.05) is 18.4 Å². The predicted octanol–water partition coefficient (Wildman–Crippen LogP) is 3.34. The van der Waals surface area contributed by atoms with Crippen molar-refractivity contribution < 1.29 is 0 Å². The first-order valence-corrected chi connectivity index (χ1v) is 6.65. The van der Waals surface area contributed by atoms with E-state index in [2.05, 4.69) is 34.7 Å². The van der Waals surface area contributed by atoms with Gasteiger partial charge in [-0.1, -0.05) is 6.07 Å². The molecule has 80 valence electrons. The van der Waals surface area contributed by atoms with E-state index in [4.69, 9.17) is 0 Å². The van der Waals surface area contributed by atoms with Crippen molar-refractivity contribution in [2.45, 2.75) is 19.8 Å².